The monoisotopic (exact) mass is 468 g/mol. The normalized spacial score (nSPS) is 16.5. The van der Waals surface area contributed by atoms with Crippen LogP contribution in [0, 0.1) is 13.8 Å². The van der Waals surface area contributed by atoms with E-state index in [9.17, 15) is 4.79 Å². The molecule has 3 aromatic rings. The molecule has 1 N–H and O–H groups in total. The SMILES string of the molecule is CC[C@H]1COC(=O)N1c1nc(C)nc(N[C@H](C)c2ccc(Oc3ccc(Cl)cc3)c(C)n2)n1. The predicted molar refractivity (Wildman–Crippen MR) is 125 cm³/mol. The van der Waals surface area contributed by atoms with E-state index in [1.165, 1.54) is 4.90 Å². The van der Waals surface area contributed by atoms with Crippen molar-refractivity contribution in [3.63, 3.8) is 0 Å². The number of cyclic esters (lactones) is 1. The predicted octanol–water partition coefficient (Wildman–Crippen LogP) is 5.24. The Morgan fingerprint density at radius 1 is 1.15 bits per heavy atom. The minimum Gasteiger partial charge on any atom is -0.455 e. The first kappa shape index (κ1) is 22.7. The van der Waals surface area contributed by atoms with Crippen molar-refractivity contribution in [1.29, 1.82) is 0 Å². The van der Waals surface area contributed by atoms with Crippen LogP contribution >= 0.6 is 11.6 Å². The fourth-order valence-corrected chi connectivity index (χ4v) is 3.59. The molecule has 2 aromatic heterocycles. The molecule has 0 aliphatic carbocycles. The van der Waals surface area contributed by atoms with Gasteiger partial charge in [0, 0.05) is 5.02 Å². The van der Waals surface area contributed by atoms with E-state index in [2.05, 4.69) is 25.3 Å². The maximum Gasteiger partial charge on any atom is 0.417 e. The maximum atomic E-state index is 12.2. The number of benzene rings is 1. The molecule has 0 saturated carbocycles. The minimum absolute atomic E-state index is 0.0953. The van der Waals surface area contributed by atoms with Crippen LogP contribution in [0.4, 0.5) is 16.7 Å². The van der Waals surface area contributed by atoms with Crippen LogP contribution in [0.25, 0.3) is 0 Å². The van der Waals surface area contributed by atoms with Crippen molar-refractivity contribution >= 4 is 29.6 Å². The number of anilines is 2. The Balaban J connectivity index is 1.50. The average Bonchev–Trinajstić information content (AvgIpc) is 3.16. The van der Waals surface area contributed by atoms with E-state index in [-0.39, 0.29) is 18.0 Å². The number of nitrogens with one attached hydrogen (secondary N) is 1. The van der Waals surface area contributed by atoms with Crippen LogP contribution in [0.15, 0.2) is 36.4 Å². The summed E-state index contributed by atoms with van der Waals surface area (Å²) in [5.41, 5.74) is 1.54. The molecule has 0 bridgehead atoms. The molecule has 1 aromatic carbocycles. The van der Waals surface area contributed by atoms with Gasteiger partial charge in [-0.15, -0.1) is 0 Å². The van der Waals surface area contributed by atoms with Crippen molar-refractivity contribution in [2.75, 3.05) is 16.8 Å². The highest BCUT2D eigenvalue weighted by molar-refractivity contribution is 6.30. The zero-order valence-corrected chi connectivity index (χ0v) is 19.6. The summed E-state index contributed by atoms with van der Waals surface area (Å²) in [5.74, 6) is 2.48. The van der Waals surface area contributed by atoms with E-state index in [1.807, 2.05) is 32.9 Å². The standard InChI is InChI=1S/C23H25ClN6O3/c1-5-17-12-32-23(31)30(17)22-28-15(4)27-21(29-22)26-13(2)19-10-11-20(14(3)25-19)33-18-8-6-16(24)7-9-18/h6-11,13,17H,5,12H2,1-4H3,(H,26,27,28,29)/t13-,17+/m1/s1. The second-order valence-corrected chi connectivity index (χ2v) is 8.19. The molecule has 1 fully saturated rings. The number of aromatic nitrogens is 4. The summed E-state index contributed by atoms with van der Waals surface area (Å²) in [5, 5.41) is 3.90. The van der Waals surface area contributed by atoms with Crippen LogP contribution in [0.5, 0.6) is 11.5 Å². The molecular weight excluding hydrogens is 444 g/mol. The first-order valence-electron chi connectivity index (χ1n) is 10.7. The number of pyridine rings is 1. The number of rotatable bonds is 7. The van der Waals surface area contributed by atoms with Gasteiger partial charge in [0.2, 0.25) is 11.9 Å². The molecule has 4 rings (SSSR count). The molecule has 33 heavy (non-hydrogen) atoms. The number of ether oxygens (including phenoxy) is 2. The number of aryl methyl sites for hydroxylation is 2. The molecule has 0 spiro atoms. The lowest BCUT2D eigenvalue weighted by Crippen LogP contribution is -2.34. The summed E-state index contributed by atoms with van der Waals surface area (Å²) in [6.07, 6.45) is 0.295. The average molecular weight is 469 g/mol. The third kappa shape index (κ3) is 5.14. The molecule has 172 valence electrons. The minimum atomic E-state index is -0.444. The maximum absolute atomic E-state index is 12.2. The highest BCUT2D eigenvalue weighted by Crippen LogP contribution is 2.28. The Kier molecular flexibility index (Phi) is 6.60. The number of hydrogen-bond donors (Lipinski definition) is 1. The van der Waals surface area contributed by atoms with Crippen LogP contribution in [-0.2, 0) is 4.74 Å². The van der Waals surface area contributed by atoms with Gasteiger partial charge in [0.05, 0.1) is 23.5 Å². The third-order valence-corrected chi connectivity index (χ3v) is 5.52. The number of carbonyl (C=O) groups is 1. The van der Waals surface area contributed by atoms with Gasteiger partial charge in [-0.1, -0.05) is 18.5 Å². The van der Waals surface area contributed by atoms with Crippen LogP contribution in [0.3, 0.4) is 0 Å². The highest BCUT2D eigenvalue weighted by Gasteiger charge is 2.35. The van der Waals surface area contributed by atoms with Gasteiger partial charge in [0.15, 0.2) is 0 Å². The Morgan fingerprint density at radius 3 is 2.61 bits per heavy atom. The highest BCUT2D eigenvalue weighted by atomic mass is 35.5. The van der Waals surface area contributed by atoms with Gasteiger partial charge < -0.3 is 14.8 Å². The molecule has 0 radical (unpaired) electrons. The van der Waals surface area contributed by atoms with Crippen LogP contribution < -0.4 is 15.0 Å². The molecule has 1 saturated heterocycles. The van der Waals surface area contributed by atoms with Gasteiger partial charge in [-0.25, -0.2) is 9.69 Å². The largest absolute Gasteiger partial charge is 0.455 e. The van der Waals surface area contributed by atoms with Crippen LogP contribution in [0.1, 0.15) is 43.5 Å². The topological polar surface area (TPSA) is 102 Å². The zero-order chi connectivity index (χ0) is 23.5. The molecule has 1 amide bonds. The van der Waals surface area contributed by atoms with E-state index in [4.69, 9.17) is 21.1 Å². The number of hydrogen-bond acceptors (Lipinski definition) is 8. The quantitative estimate of drug-likeness (QED) is 0.502. The molecule has 3 heterocycles. The zero-order valence-electron chi connectivity index (χ0n) is 18.9. The fourth-order valence-electron chi connectivity index (χ4n) is 3.46. The number of amides is 1. The van der Waals surface area contributed by atoms with Gasteiger partial charge in [-0.05, 0) is 63.6 Å². The van der Waals surface area contributed by atoms with Gasteiger partial charge in [-0.2, -0.15) is 15.0 Å². The van der Waals surface area contributed by atoms with Crippen molar-refractivity contribution in [3.05, 3.63) is 58.6 Å². The van der Waals surface area contributed by atoms with Crippen molar-refractivity contribution in [2.45, 2.75) is 46.2 Å². The van der Waals surface area contributed by atoms with E-state index in [1.54, 1.807) is 31.2 Å². The summed E-state index contributed by atoms with van der Waals surface area (Å²) in [7, 11) is 0. The smallest absolute Gasteiger partial charge is 0.417 e. The van der Waals surface area contributed by atoms with E-state index in [0.29, 0.717) is 34.9 Å². The molecular formula is C23H25ClN6O3. The third-order valence-electron chi connectivity index (χ3n) is 5.27. The van der Waals surface area contributed by atoms with E-state index in [0.717, 1.165) is 17.8 Å². The van der Waals surface area contributed by atoms with Crippen LogP contribution in [0.2, 0.25) is 5.02 Å². The summed E-state index contributed by atoms with van der Waals surface area (Å²) < 4.78 is 11.1. The molecule has 2 atom stereocenters. The molecule has 0 unspecified atom stereocenters. The lowest BCUT2D eigenvalue weighted by molar-refractivity contribution is 0.178. The van der Waals surface area contributed by atoms with Gasteiger partial charge in [0.1, 0.15) is 23.9 Å². The fraction of sp³-hybridized carbons (Fsp3) is 0.348. The number of carbonyl (C=O) groups excluding carboxylic acids is 1. The summed E-state index contributed by atoms with van der Waals surface area (Å²) in [4.78, 5) is 31.5. The first-order chi connectivity index (χ1) is 15.8. The second kappa shape index (κ2) is 9.58. The molecule has 10 heteroatoms. The van der Waals surface area contributed by atoms with E-state index < -0.39 is 6.09 Å². The summed E-state index contributed by atoms with van der Waals surface area (Å²) in [6.45, 7) is 7.92. The van der Waals surface area contributed by atoms with Gasteiger partial charge in [0.25, 0.3) is 0 Å². The van der Waals surface area contributed by atoms with Crippen molar-refractivity contribution in [2.24, 2.45) is 0 Å². The lowest BCUT2D eigenvalue weighted by atomic mass is 10.2. The van der Waals surface area contributed by atoms with Crippen LogP contribution in [-0.4, -0.2) is 38.7 Å². The summed E-state index contributed by atoms with van der Waals surface area (Å²) in [6, 6.07) is 10.6. The number of nitrogens with zero attached hydrogens (tertiary/aromatic N) is 5. The first-order valence-corrected chi connectivity index (χ1v) is 11.1. The lowest BCUT2D eigenvalue weighted by Gasteiger charge is -2.20. The number of halogens is 1. The Labute approximate surface area is 197 Å². The van der Waals surface area contributed by atoms with Crippen molar-refractivity contribution in [3.8, 4) is 11.5 Å². The van der Waals surface area contributed by atoms with E-state index >= 15 is 0 Å². The van der Waals surface area contributed by atoms with Gasteiger partial charge in [-0.3, -0.25) is 4.98 Å². The molecule has 9 nitrogen and oxygen atoms in total. The Hall–Kier alpha value is -3.46. The van der Waals surface area contributed by atoms with Gasteiger partial charge >= 0.3 is 6.09 Å². The second-order valence-electron chi connectivity index (χ2n) is 7.76. The Bertz CT molecular complexity index is 1160. The molecule has 1 aliphatic heterocycles. The molecule has 1 aliphatic rings. The van der Waals surface area contributed by atoms with Crippen molar-refractivity contribution in [1.82, 2.24) is 19.9 Å². The Morgan fingerprint density at radius 2 is 1.91 bits per heavy atom. The van der Waals surface area contributed by atoms with Crippen molar-refractivity contribution < 1.29 is 14.3 Å². The summed E-state index contributed by atoms with van der Waals surface area (Å²) >= 11 is 5.93.